The summed E-state index contributed by atoms with van der Waals surface area (Å²) in [6, 6.07) is 82.9. The molecule has 0 saturated heterocycles. The number of ether oxygens (including phenoxy) is 1. The summed E-state index contributed by atoms with van der Waals surface area (Å²) in [5.74, 6) is 1.68. The molecule has 0 radical (unpaired) electrons. The van der Waals surface area contributed by atoms with Crippen LogP contribution in [0, 0.1) is 0 Å². The Morgan fingerprint density at radius 3 is 1.56 bits per heavy atom. The monoisotopic (exact) mass is 867 g/mol. The van der Waals surface area contributed by atoms with E-state index in [2.05, 4.69) is 255 Å². The highest BCUT2D eigenvalue weighted by molar-refractivity contribution is 5.97. The van der Waals surface area contributed by atoms with Gasteiger partial charge in [0.25, 0.3) is 0 Å². The first-order valence-electron chi connectivity index (χ1n) is 23.7. The van der Waals surface area contributed by atoms with Gasteiger partial charge in [-0.25, -0.2) is 0 Å². The van der Waals surface area contributed by atoms with E-state index in [0.717, 1.165) is 50.8 Å². The number of hydrogen-bond acceptors (Lipinski definition) is 2. The van der Waals surface area contributed by atoms with Gasteiger partial charge in [0.15, 0.2) is 5.75 Å². The van der Waals surface area contributed by atoms with E-state index >= 15 is 0 Å². The lowest BCUT2D eigenvalue weighted by Gasteiger charge is -2.35. The van der Waals surface area contributed by atoms with Crippen LogP contribution in [0.3, 0.4) is 0 Å². The Morgan fingerprint density at radius 2 is 0.838 bits per heavy atom. The van der Waals surface area contributed by atoms with Crippen LogP contribution in [0.15, 0.2) is 224 Å². The third kappa shape index (κ3) is 5.40. The predicted molar refractivity (Wildman–Crippen MR) is 281 cm³/mol. The average Bonchev–Trinajstić information content (AvgIpc) is 3.66. The Labute approximate surface area is 397 Å². The van der Waals surface area contributed by atoms with Crippen molar-refractivity contribution in [3.05, 3.63) is 269 Å². The molecule has 0 unspecified atom stereocenters. The maximum atomic E-state index is 7.15. The van der Waals surface area contributed by atoms with Crippen molar-refractivity contribution in [1.29, 1.82) is 0 Å². The van der Waals surface area contributed by atoms with Crippen molar-refractivity contribution < 1.29 is 4.74 Å². The molecular weight excluding hydrogens is 823 g/mol. The Balaban J connectivity index is 0.951. The molecule has 10 aromatic rings. The van der Waals surface area contributed by atoms with Gasteiger partial charge in [-0.2, -0.15) is 0 Å². The van der Waals surface area contributed by atoms with E-state index in [4.69, 9.17) is 4.74 Å². The van der Waals surface area contributed by atoms with Gasteiger partial charge in [-0.05, 0) is 131 Å². The van der Waals surface area contributed by atoms with Gasteiger partial charge < -0.3 is 9.64 Å². The number of fused-ring (bicyclic) bond motifs is 17. The summed E-state index contributed by atoms with van der Waals surface area (Å²) in [6.45, 7) is 4.71. The molecule has 0 aromatic heterocycles. The highest BCUT2D eigenvalue weighted by Crippen LogP contribution is 2.60. The van der Waals surface area contributed by atoms with Gasteiger partial charge in [-0.3, -0.25) is 0 Å². The summed E-state index contributed by atoms with van der Waals surface area (Å²) in [5.41, 5.74) is 24.9. The lowest BCUT2D eigenvalue weighted by Crippen LogP contribution is -2.29. The standard InChI is InChI=1S/C66H45NO/c1-65(2)58-26-12-7-20-50(58)52-39-37-47(41-60(52)65)67(62-28-15-23-55-49-19-6-5-18-48(49)54-22-9-14-29-63(54)68-64(55)62)46-35-32-42(33-36-46)45-34-38-53-51-21-8-13-27-59(51)66(61(53)40-45)56-24-10-3-16-43(56)30-31-44-17-4-11-25-57(44)66/h3-41H,1-2H3. The van der Waals surface area contributed by atoms with Crippen LogP contribution in [-0.4, -0.2) is 0 Å². The summed E-state index contributed by atoms with van der Waals surface area (Å²) < 4.78 is 7.15. The van der Waals surface area contributed by atoms with Crippen LogP contribution in [0.25, 0.3) is 67.8 Å². The summed E-state index contributed by atoms with van der Waals surface area (Å²) in [5, 5.41) is 0. The summed E-state index contributed by atoms with van der Waals surface area (Å²) in [6.07, 6.45) is 4.60. The van der Waals surface area contributed by atoms with Crippen LogP contribution < -0.4 is 9.64 Å². The van der Waals surface area contributed by atoms with E-state index in [0.29, 0.717) is 0 Å². The van der Waals surface area contributed by atoms with E-state index in [-0.39, 0.29) is 5.41 Å². The SMILES string of the molecule is CC1(C)c2ccccc2-c2ccc(N(c3ccc(-c4ccc5c(c4)C4(c6ccccc6C=Cc6ccccc64)c4ccccc4-5)cc3)c3cccc4c3Oc3ccccc3-c3ccccc3-4)cc21. The minimum absolute atomic E-state index is 0.168. The van der Waals surface area contributed by atoms with Crippen LogP contribution in [0.2, 0.25) is 0 Å². The second-order valence-corrected chi connectivity index (χ2v) is 19.1. The number of rotatable bonds is 4. The molecule has 3 aliphatic carbocycles. The van der Waals surface area contributed by atoms with Crippen LogP contribution in [0.5, 0.6) is 11.5 Å². The molecule has 1 aliphatic heterocycles. The largest absolute Gasteiger partial charge is 0.454 e. The summed E-state index contributed by atoms with van der Waals surface area (Å²) in [4.78, 5) is 2.40. The fourth-order valence-electron chi connectivity index (χ4n) is 12.3. The fourth-order valence-corrected chi connectivity index (χ4v) is 12.3. The molecule has 14 rings (SSSR count). The Kier molecular flexibility index (Phi) is 8.28. The second kappa shape index (κ2) is 14.5. The van der Waals surface area contributed by atoms with Crippen LogP contribution >= 0.6 is 0 Å². The Bertz CT molecular complexity index is 3710. The van der Waals surface area contributed by atoms with Crippen molar-refractivity contribution in [2.75, 3.05) is 4.90 Å². The van der Waals surface area contributed by atoms with E-state index in [1.807, 2.05) is 0 Å². The van der Waals surface area contributed by atoms with E-state index < -0.39 is 5.41 Å². The lowest BCUT2D eigenvalue weighted by molar-refractivity contribution is 0.489. The molecule has 4 aliphatic rings. The van der Waals surface area contributed by atoms with Crippen molar-refractivity contribution in [2.45, 2.75) is 24.7 Å². The van der Waals surface area contributed by atoms with Gasteiger partial charge in [-0.15, -0.1) is 0 Å². The Morgan fingerprint density at radius 1 is 0.338 bits per heavy atom. The number of para-hydroxylation sites is 2. The topological polar surface area (TPSA) is 12.5 Å². The first kappa shape index (κ1) is 38.8. The summed E-state index contributed by atoms with van der Waals surface area (Å²) in [7, 11) is 0. The van der Waals surface area contributed by atoms with Crippen molar-refractivity contribution in [2.24, 2.45) is 0 Å². The zero-order valence-corrected chi connectivity index (χ0v) is 37.9. The zero-order valence-electron chi connectivity index (χ0n) is 37.9. The third-order valence-electron chi connectivity index (χ3n) is 15.3. The van der Waals surface area contributed by atoms with E-state index in [1.54, 1.807) is 0 Å². The van der Waals surface area contributed by atoms with Crippen LogP contribution in [0.4, 0.5) is 17.1 Å². The number of nitrogens with zero attached hydrogens (tertiary/aromatic N) is 1. The van der Waals surface area contributed by atoms with Gasteiger partial charge in [-0.1, -0.05) is 208 Å². The van der Waals surface area contributed by atoms with Crippen molar-refractivity contribution in [3.8, 4) is 67.1 Å². The van der Waals surface area contributed by atoms with Gasteiger partial charge in [0, 0.05) is 27.9 Å². The normalized spacial score (nSPS) is 14.3. The molecule has 0 atom stereocenters. The molecule has 2 nitrogen and oxygen atoms in total. The van der Waals surface area contributed by atoms with Gasteiger partial charge in [0.2, 0.25) is 0 Å². The highest BCUT2D eigenvalue weighted by atomic mass is 16.5. The number of anilines is 3. The molecule has 10 aromatic carbocycles. The maximum absolute atomic E-state index is 7.15. The predicted octanol–water partition coefficient (Wildman–Crippen LogP) is 17.4. The molecule has 68 heavy (non-hydrogen) atoms. The van der Waals surface area contributed by atoms with Crippen molar-refractivity contribution in [3.63, 3.8) is 0 Å². The molecule has 2 heteroatoms. The van der Waals surface area contributed by atoms with Crippen molar-refractivity contribution in [1.82, 2.24) is 0 Å². The molecule has 0 bridgehead atoms. The highest BCUT2D eigenvalue weighted by Gasteiger charge is 2.48. The molecule has 1 heterocycles. The van der Waals surface area contributed by atoms with Gasteiger partial charge in [0.1, 0.15) is 5.75 Å². The van der Waals surface area contributed by atoms with Crippen LogP contribution in [0.1, 0.15) is 58.4 Å². The molecule has 0 N–H and O–H groups in total. The van der Waals surface area contributed by atoms with Gasteiger partial charge in [0.05, 0.1) is 11.1 Å². The number of benzene rings is 10. The zero-order chi connectivity index (χ0) is 45.1. The first-order valence-corrected chi connectivity index (χ1v) is 23.7. The van der Waals surface area contributed by atoms with Crippen LogP contribution in [-0.2, 0) is 10.8 Å². The molecule has 0 saturated carbocycles. The lowest BCUT2D eigenvalue weighted by atomic mass is 9.66. The third-order valence-corrected chi connectivity index (χ3v) is 15.3. The number of hydrogen-bond donors (Lipinski definition) is 0. The second-order valence-electron chi connectivity index (χ2n) is 19.1. The minimum Gasteiger partial charge on any atom is -0.454 e. The Hall–Kier alpha value is -8.46. The fraction of sp³-hybridized carbons (Fsp3) is 0.0606. The maximum Gasteiger partial charge on any atom is 0.159 e. The smallest absolute Gasteiger partial charge is 0.159 e. The molecule has 320 valence electrons. The molecular formula is C66H45NO. The average molecular weight is 868 g/mol. The quantitative estimate of drug-likeness (QED) is 0.175. The molecule has 0 fully saturated rings. The first-order chi connectivity index (χ1) is 33.5. The minimum atomic E-state index is -0.487. The van der Waals surface area contributed by atoms with Gasteiger partial charge >= 0.3 is 0 Å². The van der Waals surface area contributed by atoms with Crippen molar-refractivity contribution >= 4 is 29.2 Å². The molecule has 0 amide bonds. The van der Waals surface area contributed by atoms with E-state index in [9.17, 15) is 0 Å². The molecule has 1 spiro atoms. The summed E-state index contributed by atoms with van der Waals surface area (Å²) >= 11 is 0. The van der Waals surface area contributed by atoms with E-state index in [1.165, 1.54) is 77.9 Å².